The fourth-order valence-electron chi connectivity index (χ4n) is 3.98. The van der Waals surface area contributed by atoms with Crippen LogP contribution in [0.4, 0.5) is 0 Å². The minimum atomic E-state index is -0.788. The summed E-state index contributed by atoms with van der Waals surface area (Å²) >= 11 is 5.98. The summed E-state index contributed by atoms with van der Waals surface area (Å²) in [6, 6.07) is 7.66. The first-order valence-corrected chi connectivity index (χ1v) is 8.65. The molecule has 1 amide bonds. The van der Waals surface area contributed by atoms with E-state index in [9.17, 15) is 9.90 Å². The van der Waals surface area contributed by atoms with E-state index in [1.165, 1.54) is 0 Å². The van der Waals surface area contributed by atoms with E-state index in [2.05, 4.69) is 0 Å². The zero-order chi connectivity index (χ0) is 16.7. The molecule has 2 aliphatic rings. The van der Waals surface area contributed by atoms with E-state index in [4.69, 9.17) is 11.6 Å². The molecule has 1 N–H and O–H groups in total. The molecule has 1 atom stereocenters. The minimum absolute atomic E-state index is 0.167. The van der Waals surface area contributed by atoms with Gasteiger partial charge in [0.2, 0.25) is 5.91 Å². The first kappa shape index (κ1) is 16.7. The topological polar surface area (TPSA) is 43.8 Å². The third-order valence-corrected chi connectivity index (χ3v) is 5.50. The van der Waals surface area contributed by atoms with Crippen molar-refractivity contribution >= 4 is 17.5 Å². The second kappa shape index (κ2) is 6.08. The Morgan fingerprint density at radius 2 is 1.91 bits per heavy atom. The molecule has 5 heteroatoms. The lowest BCUT2D eigenvalue weighted by Crippen LogP contribution is -2.52. The summed E-state index contributed by atoms with van der Waals surface area (Å²) in [5.74, 6) is 0.167. The number of aliphatic hydroxyl groups is 1. The van der Waals surface area contributed by atoms with Gasteiger partial charge in [-0.25, -0.2) is 0 Å². The second-order valence-electron chi connectivity index (χ2n) is 7.38. The number of benzene rings is 1. The standard InChI is InChI=1S/C18H25ClN2O2/c1-20(2)12-17(23)10-11-21(13-17)16(22)18(8-3-9-18)14-4-6-15(19)7-5-14/h4-7,23H,3,8-13H2,1-2H3. The number of nitrogens with zero attached hydrogens (tertiary/aromatic N) is 2. The Kier molecular flexibility index (Phi) is 4.43. The molecule has 0 aromatic heterocycles. The van der Waals surface area contributed by atoms with E-state index in [0.717, 1.165) is 24.8 Å². The summed E-state index contributed by atoms with van der Waals surface area (Å²) in [5.41, 5.74) is -0.140. The van der Waals surface area contributed by atoms with Crippen molar-refractivity contribution in [3.05, 3.63) is 34.9 Å². The highest BCUT2D eigenvalue weighted by atomic mass is 35.5. The van der Waals surface area contributed by atoms with Crippen LogP contribution in [0.25, 0.3) is 0 Å². The summed E-state index contributed by atoms with van der Waals surface area (Å²) < 4.78 is 0. The third-order valence-electron chi connectivity index (χ3n) is 5.24. The Bertz CT molecular complexity index is 583. The largest absolute Gasteiger partial charge is 0.387 e. The molecule has 2 fully saturated rings. The number of likely N-dealkylation sites (tertiary alicyclic amines) is 1. The van der Waals surface area contributed by atoms with Crippen LogP contribution in [-0.2, 0) is 10.2 Å². The maximum absolute atomic E-state index is 13.2. The fraction of sp³-hybridized carbons (Fsp3) is 0.611. The Morgan fingerprint density at radius 1 is 1.26 bits per heavy atom. The van der Waals surface area contributed by atoms with Gasteiger partial charge in [0.15, 0.2) is 0 Å². The molecule has 1 aliphatic heterocycles. The highest BCUT2D eigenvalue weighted by Crippen LogP contribution is 2.46. The van der Waals surface area contributed by atoms with Crippen molar-refractivity contribution < 1.29 is 9.90 Å². The lowest BCUT2D eigenvalue weighted by atomic mass is 9.63. The highest BCUT2D eigenvalue weighted by molar-refractivity contribution is 6.30. The van der Waals surface area contributed by atoms with Gasteiger partial charge >= 0.3 is 0 Å². The van der Waals surface area contributed by atoms with Crippen LogP contribution >= 0.6 is 11.6 Å². The Hall–Kier alpha value is -1.10. The third kappa shape index (κ3) is 3.12. The average Bonchev–Trinajstić information content (AvgIpc) is 2.80. The molecule has 4 nitrogen and oxygen atoms in total. The number of likely N-dealkylation sites (N-methyl/N-ethyl adjacent to an activating group) is 1. The minimum Gasteiger partial charge on any atom is -0.387 e. The Balaban J connectivity index is 1.78. The van der Waals surface area contributed by atoms with Crippen LogP contribution in [-0.4, -0.2) is 60.1 Å². The quantitative estimate of drug-likeness (QED) is 0.917. The van der Waals surface area contributed by atoms with Gasteiger partial charge in [-0.3, -0.25) is 4.79 Å². The van der Waals surface area contributed by atoms with E-state index < -0.39 is 11.0 Å². The lowest BCUT2D eigenvalue weighted by molar-refractivity contribution is -0.141. The van der Waals surface area contributed by atoms with E-state index in [-0.39, 0.29) is 5.91 Å². The van der Waals surface area contributed by atoms with Gasteiger partial charge in [-0.2, -0.15) is 0 Å². The normalized spacial score (nSPS) is 26.4. The molecule has 0 spiro atoms. The van der Waals surface area contributed by atoms with Gasteiger partial charge in [-0.15, -0.1) is 0 Å². The van der Waals surface area contributed by atoms with Crippen molar-refractivity contribution in [2.75, 3.05) is 33.7 Å². The predicted octanol–water partition coefficient (Wildman–Crippen LogP) is 2.29. The van der Waals surface area contributed by atoms with Crippen LogP contribution in [0, 0.1) is 0 Å². The number of amides is 1. The van der Waals surface area contributed by atoms with E-state index in [1.54, 1.807) is 0 Å². The summed E-state index contributed by atoms with van der Waals surface area (Å²) in [5, 5.41) is 11.4. The molecule has 1 aromatic carbocycles. The van der Waals surface area contributed by atoms with Crippen molar-refractivity contribution in [1.82, 2.24) is 9.80 Å². The molecule has 126 valence electrons. The number of halogens is 1. The van der Waals surface area contributed by atoms with Gasteiger partial charge < -0.3 is 14.9 Å². The zero-order valence-electron chi connectivity index (χ0n) is 13.9. The van der Waals surface area contributed by atoms with Gasteiger partial charge in [0.1, 0.15) is 0 Å². The van der Waals surface area contributed by atoms with Gasteiger partial charge in [0.25, 0.3) is 0 Å². The van der Waals surface area contributed by atoms with E-state index >= 15 is 0 Å². The number of carbonyl (C=O) groups excluding carboxylic acids is 1. The molecule has 1 saturated carbocycles. The van der Waals surface area contributed by atoms with Crippen molar-refractivity contribution in [1.29, 1.82) is 0 Å². The number of hydrogen-bond donors (Lipinski definition) is 1. The molecule has 0 bridgehead atoms. The number of β-amino-alcohol motifs (C(OH)–C–C–N with tert-alkyl or cyclic N) is 1. The molecule has 1 unspecified atom stereocenters. The van der Waals surface area contributed by atoms with Crippen molar-refractivity contribution in [2.24, 2.45) is 0 Å². The van der Waals surface area contributed by atoms with Crippen LogP contribution in [0.2, 0.25) is 5.02 Å². The number of hydrogen-bond acceptors (Lipinski definition) is 3. The molecule has 1 saturated heterocycles. The average molecular weight is 337 g/mol. The van der Waals surface area contributed by atoms with Gasteiger partial charge in [0, 0.05) is 18.1 Å². The molecular weight excluding hydrogens is 312 g/mol. The lowest BCUT2D eigenvalue weighted by Gasteiger charge is -2.43. The Morgan fingerprint density at radius 3 is 2.43 bits per heavy atom. The molecule has 0 radical (unpaired) electrons. The summed E-state index contributed by atoms with van der Waals surface area (Å²) in [4.78, 5) is 17.0. The molecule has 1 aliphatic carbocycles. The first-order valence-electron chi connectivity index (χ1n) is 8.27. The zero-order valence-corrected chi connectivity index (χ0v) is 14.6. The molecule has 1 aromatic rings. The molecular formula is C18H25ClN2O2. The van der Waals surface area contributed by atoms with Gasteiger partial charge in [-0.05, 0) is 51.1 Å². The summed E-state index contributed by atoms with van der Waals surface area (Å²) in [6.07, 6.45) is 3.49. The summed E-state index contributed by atoms with van der Waals surface area (Å²) in [7, 11) is 3.90. The van der Waals surface area contributed by atoms with Crippen LogP contribution in [0.15, 0.2) is 24.3 Å². The fourth-order valence-corrected chi connectivity index (χ4v) is 4.10. The molecule has 3 rings (SSSR count). The smallest absolute Gasteiger partial charge is 0.233 e. The molecule has 23 heavy (non-hydrogen) atoms. The van der Waals surface area contributed by atoms with E-state index in [0.29, 0.717) is 31.1 Å². The molecule has 1 heterocycles. The van der Waals surface area contributed by atoms with Crippen LogP contribution in [0.5, 0.6) is 0 Å². The van der Waals surface area contributed by atoms with Crippen LogP contribution in [0.1, 0.15) is 31.2 Å². The summed E-state index contributed by atoms with van der Waals surface area (Å²) in [6.45, 7) is 1.66. The van der Waals surface area contributed by atoms with Crippen LogP contribution < -0.4 is 0 Å². The highest BCUT2D eigenvalue weighted by Gasteiger charge is 2.50. The number of rotatable bonds is 4. The van der Waals surface area contributed by atoms with Crippen molar-refractivity contribution in [3.63, 3.8) is 0 Å². The van der Waals surface area contributed by atoms with Crippen LogP contribution in [0.3, 0.4) is 0 Å². The number of carbonyl (C=O) groups is 1. The SMILES string of the molecule is CN(C)CC1(O)CCN(C(=O)C2(c3ccc(Cl)cc3)CCC2)C1. The maximum Gasteiger partial charge on any atom is 0.233 e. The van der Waals surface area contributed by atoms with Gasteiger partial charge in [0.05, 0.1) is 17.6 Å². The van der Waals surface area contributed by atoms with Crippen molar-refractivity contribution in [3.8, 4) is 0 Å². The Labute approximate surface area is 143 Å². The predicted molar refractivity (Wildman–Crippen MR) is 91.7 cm³/mol. The van der Waals surface area contributed by atoms with Gasteiger partial charge in [-0.1, -0.05) is 30.2 Å². The van der Waals surface area contributed by atoms with E-state index in [1.807, 2.05) is 48.2 Å². The monoisotopic (exact) mass is 336 g/mol. The second-order valence-corrected chi connectivity index (χ2v) is 7.82. The first-order chi connectivity index (χ1) is 10.8. The van der Waals surface area contributed by atoms with Crippen molar-refractivity contribution in [2.45, 2.75) is 36.7 Å². The maximum atomic E-state index is 13.2.